The topological polar surface area (TPSA) is 70.5 Å². The molecule has 1 aromatic heterocycles. The van der Waals surface area contributed by atoms with E-state index in [2.05, 4.69) is 4.98 Å². The minimum atomic E-state index is -2.85. The summed E-state index contributed by atoms with van der Waals surface area (Å²) in [5, 5.41) is 12.0. The summed E-state index contributed by atoms with van der Waals surface area (Å²) in [6, 6.07) is 0. The number of aromatic nitrogens is 1. The molecule has 0 radical (unpaired) electrons. The molecule has 2 rings (SSSR count). The average Bonchev–Trinajstić information content (AvgIpc) is 2.66. The van der Waals surface area contributed by atoms with E-state index in [4.69, 9.17) is 0 Å². The van der Waals surface area contributed by atoms with Gasteiger partial charge in [0.15, 0.2) is 15.0 Å². The van der Waals surface area contributed by atoms with E-state index in [0.717, 1.165) is 5.13 Å². The van der Waals surface area contributed by atoms with Gasteiger partial charge in [-0.2, -0.15) is 0 Å². The molecule has 0 amide bonds. The summed E-state index contributed by atoms with van der Waals surface area (Å²) in [5.74, 6) is 0.382. The zero-order chi connectivity index (χ0) is 11.8. The van der Waals surface area contributed by atoms with Gasteiger partial charge in [0.25, 0.3) is 0 Å². The molecular weight excluding hydrogens is 248 g/mol. The molecule has 1 aromatic rings. The lowest BCUT2D eigenvalue weighted by atomic mass is 10.3. The molecule has 1 unspecified atom stereocenters. The second-order valence-electron chi connectivity index (χ2n) is 3.87. The Bertz CT molecular complexity index is 453. The normalized spacial score (nSPS) is 22.0. The lowest BCUT2D eigenvalue weighted by Crippen LogP contribution is -2.40. The summed E-state index contributed by atoms with van der Waals surface area (Å²) < 4.78 is 22.5. The van der Waals surface area contributed by atoms with Crippen LogP contribution in [-0.2, 0) is 9.84 Å². The van der Waals surface area contributed by atoms with Crippen LogP contribution in [0.4, 0.5) is 5.13 Å². The van der Waals surface area contributed by atoms with E-state index in [1.807, 2.05) is 10.3 Å². The van der Waals surface area contributed by atoms with Crippen LogP contribution in [0.3, 0.4) is 0 Å². The average molecular weight is 262 g/mol. The Morgan fingerprint density at radius 2 is 2.12 bits per heavy atom. The van der Waals surface area contributed by atoms with E-state index < -0.39 is 15.9 Å². The maximum Gasteiger partial charge on any atom is 0.185 e. The zero-order valence-electron chi connectivity index (χ0n) is 8.96. The Morgan fingerprint density at radius 3 is 2.62 bits per heavy atom. The smallest absolute Gasteiger partial charge is 0.185 e. The number of thiazole rings is 1. The molecule has 1 N–H and O–H groups in total. The van der Waals surface area contributed by atoms with Crippen LogP contribution in [0.15, 0.2) is 5.38 Å². The third kappa shape index (κ3) is 2.53. The first-order chi connectivity index (χ1) is 7.48. The Balaban J connectivity index is 2.08. The van der Waals surface area contributed by atoms with Crippen LogP contribution in [0.25, 0.3) is 0 Å². The highest BCUT2D eigenvalue weighted by molar-refractivity contribution is 7.91. The van der Waals surface area contributed by atoms with Crippen LogP contribution >= 0.6 is 11.3 Å². The number of aliphatic hydroxyl groups is 1. The number of sulfone groups is 1. The van der Waals surface area contributed by atoms with Crippen LogP contribution in [0.1, 0.15) is 18.7 Å². The predicted molar refractivity (Wildman–Crippen MR) is 63.6 cm³/mol. The summed E-state index contributed by atoms with van der Waals surface area (Å²) in [6.45, 7) is 2.66. The van der Waals surface area contributed by atoms with Crippen molar-refractivity contribution in [2.45, 2.75) is 13.0 Å². The molecule has 1 atom stereocenters. The molecule has 90 valence electrons. The summed E-state index contributed by atoms with van der Waals surface area (Å²) in [5.41, 5.74) is 0.647. The van der Waals surface area contributed by atoms with Crippen molar-refractivity contribution in [1.82, 2.24) is 4.98 Å². The first-order valence-corrected chi connectivity index (χ1v) is 7.77. The molecule has 0 bridgehead atoms. The van der Waals surface area contributed by atoms with Crippen molar-refractivity contribution in [3.8, 4) is 0 Å². The first kappa shape index (κ1) is 11.8. The molecule has 0 spiro atoms. The number of hydrogen-bond donors (Lipinski definition) is 1. The summed E-state index contributed by atoms with van der Waals surface area (Å²) in [7, 11) is -2.85. The van der Waals surface area contributed by atoms with Crippen LogP contribution < -0.4 is 4.90 Å². The highest BCUT2D eigenvalue weighted by atomic mass is 32.2. The molecule has 16 heavy (non-hydrogen) atoms. The highest BCUT2D eigenvalue weighted by Crippen LogP contribution is 2.25. The molecule has 1 aliphatic heterocycles. The van der Waals surface area contributed by atoms with Gasteiger partial charge in [-0.1, -0.05) is 0 Å². The Kier molecular flexibility index (Phi) is 3.18. The van der Waals surface area contributed by atoms with Gasteiger partial charge in [0, 0.05) is 18.5 Å². The summed E-state index contributed by atoms with van der Waals surface area (Å²) in [4.78, 5) is 6.24. The van der Waals surface area contributed by atoms with Gasteiger partial charge in [-0.05, 0) is 6.92 Å². The Labute approximate surface area is 98.7 Å². The largest absolute Gasteiger partial charge is 0.387 e. The van der Waals surface area contributed by atoms with Crippen LogP contribution in [0.2, 0.25) is 0 Å². The van der Waals surface area contributed by atoms with Crippen LogP contribution in [0.5, 0.6) is 0 Å². The second kappa shape index (κ2) is 4.31. The molecule has 0 aromatic carbocycles. The maximum absolute atomic E-state index is 11.3. The fraction of sp³-hybridized carbons (Fsp3) is 0.667. The van der Waals surface area contributed by atoms with E-state index in [0.29, 0.717) is 18.8 Å². The van der Waals surface area contributed by atoms with Crippen molar-refractivity contribution in [1.29, 1.82) is 0 Å². The van der Waals surface area contributed by atoms with Crippen molar-refractivity contribution < 1.29 is 13.5 Å². The summed E-state index contributed by atoms with van der Waals surface area (Å²) >= 11 is 1.44. The number of nitrogens with zero attached hydrogens (tertiary/aromatic N) is 2. The van der Waals surface area contributed by atoms with Crippen molar-refractivity contribution in [2.75, 3.05) is 29.5 Å². The van der Waals surface area contributed by atoms with E-state index in [9.17, 15) is 13.5 Å². The van der Waals surface area contributed by atoms with E-state index >= 15 is 0 Å². The van der Waals surface area contributed by atoms with Crippen molar-refractivity contribution in [3.63, 3.8) is 0 Å². The fourth-order valence-electron chi connectivity index (χ4n) is 1.52. The molecule has 1 aliphatic rings. The number of anilines is 1. The van der Waals surface area contributed by atoms with Gasteiger partial charge < -0.3 is 10.0 Å². The zero-order valence-corrected chi connectivity index (χ0v) is 10.6. The van der Waals surface area contributed by atoms with Crippen LogP contribution in [-0.4, -0.2) is 43.1 Å². The predicted octanol–water partition coefficient (Wildman–Crippen LogP) is 0.431. The van der Waals surface area contributed by atoms with Gasteiger partial charge in [0.2, 0.25) is 0 Å². The van der Waals surface area contributed by atoms with Gasteiger partial charge >= 0.3 is 0 Å². The van der Waals surface area contributed by atoms with Gasteiger partial charge in [0.1, 0.15) is 0 Å². The highest BCUT2D eigenvalue weighted by Gasteiger charge is 2.23. The lowest BCUT2D eigenvalue weighted by Gasteiger charge is -2.25. The van der Waals surface area contributed by atoms with Crippen molar-refractivity contribution >= 4 is 26.3 Å². The number of aliphatic hydroxyl groups excluding tert-OH is 1. The van der Waals surface area contributed by atoms with Gasteiger partial charge in [-0.3, -0.25) is 0 Å². The van der Waals surface area contributed by atoms with Gasteiger partial charge in [-0.15, -0.1) is 11.3 Å². The van der Waals surface area contributed by atoms with Gasteiger partial charge in [-0.25, -0.2) is 13.4 Å². The maximum atomic E-state index is 11.3. The first-order valence-electron chi connectivity index (χ1n) is 5.07. The number of rotatable bonds is 2. The third-order valence-corrected chi connectivity index (χ3v) is 5.08. The molecule has 1 fully saturated rings. The third-order valence-electron chi connectivity index (χ3n) is 2.55. The van der Waals surface area contributed by atoms with E-state index in [1.165, 1.54) is 11.3 Å². The van der Waals surface area contributed by atoms with Crippen molar-refractivity contribution in [3.05, 3.63) is 11.1 Å². The van der Waals surface area contributed by atoms with E-state index in [1.54, 1.807) is 6.92 Å². The molecule has 2 heterocycles. The fourth-order valence-corrected chi connectivity index (χ4v) is 3.68. The molecular formula is C9H14N2O3S2. The summed E-state index contributed by atoms with van der Waals surface area (Å²) in [6.07, 6.45) is -0.571. The molecule has 7 heteroatoms. The van der Waals surface area contributed by atoms with Crippen molar-refractivity contribution in [2.24, 2.45) is 0 Å². The minimum Gasteiger partial charge on any atom is -0.387 e. The molecule has 0 aliphatic carbocycles. The molecule has 1 saturated heterocycles. The lowest BCUT2D eigenvalue weighted by molar-refractivity contribution is 0.195. The molecule has 5 nitrogen and oxygen atoms in total. The SMILES string of the molecule is CC(O)c1csc(N2CCS(=O)(=O)CC2)n1. The van der Waals surface area contributed by atoms with Gasteiger partial charge in [0.05, 0.1) is 23.3 Å². The van der Waals surface area contributed by atoms with Crippen LogP contribution in [0, 0.1) is 0 Å². The Morgan fingerprint density at radius 1 is 1.50 bits per heavy atom. The molecule has 0 saturated carbocycles. The standard InChI is InChI=1S/C9H14N2O3S2/c1-7(12)8-6-15-9(10-8)11-2-4-16(13,14)5-3-11/h6-7,12H,2-5H2,1H3. The Hall–Kier alpha value is -0.660. The second-order valence-corrected chi connectivity index (χ2v) is 7.01. The van der Waals surface area contributed by atoms with E-state index in [-0.39, 0.29) is 11.5 Å². The minimum absolute atomic E-state index is 0.191. The number of hydrogen-bond acceptors (Lipinski definition) is 6. The monoisotopic (exact) mass is 262 g/mol. The quantitative estimate of drug-likeness (QED) is 0.837.